The number of carbonyl (C=O) groups excluding carboxylic acids is 1. The van der Waals surface area contributed by atoms with Gasteiger partial charge in [0.2, 0.25) is 0 Å². The monoisotopic (exact) mass is 378 g/mol. The molecule has 3 fully saturated rings. The van der Waals surface area contributed by atoms with E-state index in [0.717, 1.165) is 32.0 Å². The second kappa shape index (κ2) is 7.03. The molecule has 0 bridgehead atoms. The van der Waals surface area contributed by atoms with Crippen LogP contribution in [0.15, 0.2) is 42.6 Å². The van der Waals surface area contributed by atoms with Crippen LogP contribution in [0.25, 0.3) is 0 Å². The molecule has 3 heterocycles. The van der Waals surface area contributed by atoms with Gasteiger partial charge in [0.25, 0.3) is 5.91 Å². The zero-order valence-electron chi connectivity index (χ0n) is 16.8. The zero-order valence-corrected chi connectivity index (χ0v) is 16.8. The minimum atomic E-state index is 0.129. The lowest BCUT2D eigenvalue weighted by Gasteiger charge is -2.50. The summed E-state index contributed by atoms with van der Waals surface area (Å²) in [5.74, 6) is 0.749. The maximum Gasteiger partial charge on any atom is 0.272 e. The number of likely N-dealkylation sites (tertiary alicyclic amines) is 2. The number of piperidine rings is 2. The molecule has 5 nitrogen and oxygen atoms in total. The van der Waals surface area contributed by atoms with Gasteiger partial charge in [-0.15, -0.1) is 0 Å². The first-order valence-electron chi connectivity index (χ1n) is 10.7. The van der Waals surface area contributed by atoms with E-state index in [1.807, 2.05) is 18.0 Å². The van der Waals surface area contributed by atoms with Crippen LogP contribution in [-0.4, -0.2) is 57.7 Å². The predicted octanol–water partition coefficient (Wildman–Crippen LogP) is 3.29. The third-order valence-corrected chi connectivity index (χ3v) is 7.16. The highest BCUT2D eigenvalue weighted by Gasteiger charge is 2.46. The minimum Gasteiger partial charge on any atom is -0.337 e. The number of rotatable bonds is 3. The number of hydrogen-bond donors (Lipinski definition) is 0. The molecular weight excluding hydrogens is 348 g/mol. The SMILES string of the molecule is Cn1nccc1C(=O)N1CCC2(CC1)CC(c1ccccc1)CN(C1CC1)C2. The summed E-state index contributed by atoms with van der Waals surface area (Å²) in [6, 6.07) is 13.7. The van der Waals surface area contributed by atoms with Gasteiger partial charge in [0.05, 0.1) is 0 Å². The second-order valence-electron chi connectivity index (χ2n) is 9.10. The third kappa shape index (κ3) is 3.37. The fourth-order valence-electron chi connectivity index (χ4n) is 5.39. The molecule has 2 saturated heterocycles. The average molecular weight is 379 g/mol. The molecule has 0 N–H and O–H groups in total. The van der Waals surface area contributed by atoms with Crippen LogP contribution in [0, 0.1) is 5.41 Å². The van der Waals surface area contributed by atoms with Crippen molar-refractivity contribution in [2.24, 2.45) is 12.5 Å². The maximum atomic E-state index is 12.9. The van der Waals surface area contributed by atoms with Crippen LogP contribution in [-0.2, 0) is 7.05 Å². The van der Waals surface area contributed by atoms with Crippen LogP contribution in [0.4, 0.5) is 0 Å². The van der Waals surface area contributed by atoms with Crippen molar-refractivity contribution in [1.82, 2.24) is 19.6 Å². The van der Waals surface area contributed by atoms with Crippen LogP contribution < -0.4 is 0 Å². The molecule has 28 heavy (non-hydrogen) atoms. The molecule has 5 rings (SSSR count). The standard InChI is InChI=1S/C23H30N4O/c1-25-21(9-12-24-25)22(28)26-13-10-23(11-14-26)15-19(18-5-3-2-4-6-18)16-27(17-23)20-7-8-20/h2-6,9,12,19-20H,7-8,10-11,13-17H2,1H3. The maximum absolute atomic E-state index is 12.9. The van der Waals surface area contributed by atoms with E-state index in [-0.39, 0.29) is 5.91 Å². The number of amides is 1. The number of benzene rings is 1. The number of nitrogens with zero attached hydrogens (tertiary/aromatic N) is 4. The van der Waals surface area contributed by atoms with Gasteiger partial charge in [-0.1, -0.05) is 30.3 Å². The molecule has 0 radical (unpaired) electrons. The molecule has 1 unspecified atom stereocenters. The van der Waals surface area contributed by atoms with Crippen LogP contribution in [0.5, 0.6) is 0 Å². The lowest BCUT2D eigenvalue weighted by atomic mass is 9.68. The number of carbonyl (C=O) groups is 1. The lowest BCUT2D eigenvalue weighted by Crippen LogP contribution is -2.53. The summed E-state index contributed by atoms with van der Waals surface area (Å²) in [7, 11) is 1.85. The Balaban J connectivity index is 1.32. The van der Waals surface area contributed by atoms with Crippen molar-refractivity contribution >= 4 is 5.91 Å². The Bertz CT molecular complexity index is 833. The molecule has 1 aliphatic carbocycles. The van der Waals surface area contributed by atoms with E-state index in [1.54, 1.807) is 10.9 Å². The van der Waals surface area contributed by atoms with Crippen molar-refractivity contribution in [3.63, 3.8) is 0 Å². The van der Waals surface area contributed by atoms with Crippen molar-refractivity contribution in [2.75, 3.05) is 26.2 Å². The highest BCUT2D eigenvalue weighted by atomic mass is 16.2. The predicted molar refractivity (Wildman–Crippen MR) is 109 cm³/mol. The molecule has 1 spiro atoms. The van der Waals surface area contributed by atoms with Crippen molar-refractivity contribution in [3.05, 3.63) is 53.9 Å². The lowest BCUT2D eigenvalue weighted by molar-refractivity contribution is 0.0107. The smallest absolute Gasteiger partial charge is 0.272 e. The molecule has 1 atom stereocenters. The van der Waals surface area contributed by atoms with E-state index in [2.05, 4.69) is 40.3 Å². The van der Waals surface area contributed by atoms with Crippen LogP contribution >= 0.6 is 0 Å². The van der Waals surface area contributed by atoms with Crippen LogP contribution in [0.2, 0.25) is 0 Å². The first-order valence-corrected chi connectivity index (χ1v) is 10.7. The molecule has 1 amide bonds. The van der Waals surface area contributed by atoms with Gasteiger partial charge in [0.1, 0.15) is 5.69 Å². The fourth-order valence-corrected chi connectivity index (χ4v) is 5.39. The van der Waals surface area contributed by atoms with Gasteiger partial charge in [-0.05, 0) is 55.1 Å². The molecular formula is C23H30N4O. The van der Waals surface area contributed by atoms with E-state index in [1.165, 1.54) is 37.9 Å². The van der Waals surface area contributed by atoms with E-state index in [4.69, 9.17) is 0 Å². The fraction of sp³-hybridized carbons (Fsp3) is 0.565. The Morgan fingerprint density at radius 3 is 2.50 bits per heavy atom. The Morgan fingerprint density at radius 2 is 1.86 bits per heavy atom. The molecule has 148 valence electrons. The average Bonchev–Trinajstić information content (AvgIpc) is 3.49. The normalized spacial score (nSPS) is 25.2. The van der Waals surface area contributed by atoms with Gasteiger partial charge in [-0.25, -0.2) is 0 Å². The van der Waals surface area contributed by atoms with Crippen LogP contribution in [0.3, 0.4) is 0 Å². The summed E-state index contributed by atoms with van der Waals surface area (Å²) in [5.41, 5.74) is 2.53. The van der Waals surface area contributed by atoms with E-state index in [9.17, 15) is 4.79 Å². The van der Waals surface area contributed by atoms with Crippen molar-refractivity contribution < 1.29 is 4.79 Å². The Hall–Kier alpha value is -2.14. The van der Waals surface area contributed by atoms with Gasteiger partial charge in [-0.2, -0.15) is 5.10 Å². The van der Waals surface area contributed by atoms with Gasteiger partial charge >= 0.3 is 0 Å². The van der Waals surface area contributed by atoms with E-state index >= 15 is 0 Å². The van der Waals surface area contributed by atoms with Crippen LogP contribution in [0.1, 0.15) is 54.1 Å². The Labute approximate surface area is 167 Å². The van der Waals surface area contributed by atoms with Gasteiger partial charge in [0, 0.05) is 45.5 Å². The van der Waals surface area contributed by atoms with E-state index < -0.39 is 0 Å². The quantitative estimate of drug-likeness (QED) is 0.823. The Morgan fingerprint density at radius 1 is 1.11 bits per heavy atom. The third-order valence-electron chi connectivity index (χ3n) is 7.16. The summed E-state index contributed by atoms with van der Waals surface area (Å²) in [6.07, 6.45) is 7.92. The summed E-state index contributed by atoms with van der Waals surface area (Å²) in [5, 5.41) is 4.16. The van der Waals surface area contributed by atoms with Gasteiger partial charge in [0.15, 0.2) is 0 Å². The van der Waals surface area contributed by atoms with Crippen molar-refractivity contribution in [2.45, 2.75) is 44.1 Å². The number of aromatic nitrogens is 2. The molecule has 1 saturated carbocycles. The first kappa shape index (κ1) is 17.9. The molecule has 1 aromatic heterocycles. The summed E-state index contributed by atoms with van der Waals surface area (Å²) >= 11 is 0. The molecule has 1 aromatic carbocycles. The number of aryl methyl sites for hydroxylation is 1. The largest absolute Gasteiger partial charge is 0.337 e. The van der Waals surface area contributed by atoms with Gasteiger partial charge in [-0.3, -0.25) is 14.4 Å². The Kier molecular flexibility index (Phi) is 4.50. The first-order chi connectivity index (χ1) is 13.6. The van der Waals surface area contributed by atoms with Crippen molar-refractivity contribution in [3.8, 4) is 0 Å². The van der Waals surface area contributed by atoms with Gasteiger partial charge < -0.3 is 4.90 Å². The molecule has 5 heteroatoms. The zero-order chi connectivity index (χ0) is 19.1. The molecule has 2 aromatic rings. The summed E-state index contributed by atoms with van der Waals surface area (Å²) < 4.78 is 1.69. The molecule has 2 aliphatic heterocycles. The topological polar surface area (TPSA) is 41.4 Å². The minimum absolute atomic E-state index is 0.129. The van der Waals surface area contributed by atoms with Crippen molar-refractivity contribution in [1.29, 1.82) is 0 Å². The molecule has 3 aliphatic rings. The summed E-state index contributed by atoms with van der Waals surface area (Å²) in [4.78, 5) is 17.7. The second-order valence-corrected chi connectivity index (χ2v) is 9.10. The highest BCUT2D eigenvalue weighted by Crippen LogP contribution is 2.47. The summed E-state index contributed by atoms with van der Waals surface area (Å²) in [6.45, 7) is 4.15. The highest BCUT2D eigenvalue weighted by molar-refractivity contribution is 5.92. The van der Waals surface area contributed by atoms with E-state index in [0.29, 0.717) is 17.0 Å². The number of hydrogen-bond acceptors (Lipinski definition) is 3.